The minimum atomic E-state index is -0.123. The number of rotatable bonds is 3. The number of amides is 3. The van der Waals surface area contributed by atoms with Crippen LogP contribution >= 0.6 is 11.3 Å². The van der Waals surface area contributed by atoms with Gasteiger partial charge in [-0.05, 0) is 49.3 Å². The summed E-state index contributed by atoms with van der Waals surface area (Å²) in [6.07, 6.45) is 4.10. The fraction of sp³-hybridized carbons (Fsp3) is 0.400. The monoisotopic (exact) mass is 369 g/mol. The van der Waals surface area contributed by atoms with Gasteiger partial charge in [0.2, 0.25) is 0 Å². The first kappa shape index (κ1) is 17.1. The summed E-state index contributed by atoms with van der Waals surface area (Å²) >= 11 is 1.69. The number of hydrogen-bond acceptors (Lipinski definition) is 3. The zero-order valence-electron chi connectivity index (χ0n) is 14.7. The zero-order chi connectivity index (χ0) is 17.9. The van der Waals surface area contributed by atoms with Crippen LogP contribution in [0, 0.1) is 0 Å². The number of benzene rings is 1. The predicted octanol–water partition coefficient (Wildman–Crippen LogP) is 4.35. The molecule has 26 heavy (non-hydrogen) atoms. The Bertz CT molecular complexity index is 784. The van der Waals surface area contributed by atoms with E-state index in [2.05, 4.69) is 11.4 Å². The Kier molecular flexibility index (Phi) is 4.93. The summed E-state index contributed by atoms with van der Waals surface area (Å²) in [5, 5.41) is 5.04. The van der Waals surface area contributed by atoms with Gasteiger partial charge in [0, 0.05) is 24.5 Å². The summed E-state index contributed by atoms with van der Waals surface area (Å²) in [7, 11) is 0. The maximum absolute atomic E-state index is 12.9. The number of thiophene rings is 1. The normalized spacial score (nSPS) is 19.8. The van der Waals surface area contributed by atoms with Crippen LogP contribution in [0.15, 0.2) is 41.8 Å². The molecule has 1 aromatic heterocycles. The van der Waals surface area contributed by atoms with Gasteiger partial charge in [-0.2, -0.15) is 0 Å². The highest BCUT2D eigenvalue weighted by molar-refractivity contribution is 7.10. The van der Waals surface area contributed by atoms with E-state index in [0.717, 1.165) is 45.3 Å². The second-order valence-corrected chi connectivity index (χ2v) is 7.82. The molecule has 0 bridgehead atoms. The Morgan fingerprint density at radius 2 is 1.81 bits per heavy atom. The molecule has 5 nitrogen and oxygen atoms in total. The number of nitrogens with zero attached hydrogens (tertiary/aromatic N) is 2. The van der Waals surface area contributed by atoms with Crippen LogP contribution in [0.4, 0.5) is 10.5 Å². The van der Waals surface area contributed by atoms with Crippen LogP contribution in [0.5, 0.6) is 0 Å². The molecule has 2 fully saturated rings. The van der Waals surface area contributed by atoms with E-state index in [9.17, 15) is 9.59 Å². The van der Waals surface area contributed by atoms with Crippen LogP contribution < -0.4 is 5.32 Å². The van der Waals surface area contributed by atoms with Gasteiger partial charge in [0.1, 0.15) is 0 Å². The van der Waals surface area contributed by atoms with Crippen molar-refractivity contribution in [3.8, 4) is 0 Å². The molecule has 1 aromatic carbocycles. The summed E-state index contributed by atoms with van der Waals surface area (Å²) in [6.45, 7) is 2.35. The summed E-state index contributed by atoms with van der Waals surface area (Å²) in [5.41, 5.74) is 1.18. The van der Waals surface area contributed by atoms with Gasteiger partial charge in [-0.25, -0.2) is 4.79 Å². The Morgan fingerprint density at radius 1 is 1.00 bits per heavy atom. The number of nitrogens with one attached hydrogen (secondary N) is 1. The van der Waals surface area contributed by atoms with Crippen LogP contribution in [0.25, 0.3) is 0 Å². The molecule has 1 unspecified atom stereocenters. The lowest BCUT2D eigenvalue weighted by atomic mass is 10.1. The molecule has 3 amide bonds. The Hall–Kier alpha value is -2.34. The summed E-state index contributed by atoms with van der Waals surface area (Å²) in [6, 6.07) is 11.5. The van der Waals surface area contributed by atoms with Crippen molar-refractivity contribution in [3.63, 3.8) is 0 Å². The van der Waals surface area contributed by atoms with Gasteiger partial charge in [0.05, 0.1) is 17.3 Å². The average Bonchev–Trinajstić information content (AvgIpc) is 3.43. The molecule has 2 aromatic rings. The van der Waals surface area contributed by atoms with Gasteiger partial charge >= 0.3 is 6.03 Å². The maximum Gasteiger partial charge on any atom is 0.322 e. The first-order valence-electron chi connectivity index (χ1n) is 9.23. The number of para-hydroxylation sites is 1. The van der Waals surface area contributed by atoms with Crippen LogP contribution in [0.2, 0.25) is 0 Å². The molecule has 2 saturated heterocycles. The molecule has 4 rings (SSSR count). The smallest absolute Gasteiger partial charge is 0.322 e. The number of likely N-dealkylation sites (tertiary alicyclic amines) is 2. The van der Waals surface area contributed by atoms with Gasteiger partial charge < -0.3 is 15.1 Å². The van der Waals surface area contributed by atoms with Gasteiger partial charge in [-0.15, -0.1) is 11.3 Å². The number of carbonyl (C=O) groups is 2. The van der Waals surface area contributed by atoms with E-state index in [1.165, 1.54) is 4.88 Å². The molecule has 136 valence electrons. The molecule has 3 heterocycles. The van der Waals surface area contributed by atoms with E-state index in [-0.39, 0.29) is 18.0 Å². The lowest BCUT2D eigenvalue weighted by molar-refractivity contribution is 0.0794. The van der Waals surface area contributed by atoms with Crippen molar-refractivity contribution < 1.29 is 9.59 Å². The molecule has 0 radical (unpaired) electrons. The van der Waals surface area contributed by atoms with E-state index < -0.39 is 0 Å². The predicted molar refractivity (Wildman–Crippen MR) is 104 cm³/mol. The van der Waals surface area contributed by atoms with Crippen LogP contribution in [-0.2, 0) is 0 Å². The van der Waals surface area contributed by atoms with Crippen molar-refractivity contribution in [2.45, 2.75) is 31.7 Å². The molecule has 2 aliphatic rings. The molecule has 1 N–H and O–H groups in total. The van der Waals surface area contributed by atoms with Gasteiger partial charge in [-0.3, -0.25) is 4.79 Å². The fourth-order valence-electron chi connectivity index (χ4n) is 3.84. The Labute approximate surface area is 157 Å². The highest BCUT2D eigenvalue weighted by Crippen LogP contribution is 2.35. The van der Waals surface area contributed by atoms with Gasteiger partial charge in [0.25, 0.3) is 5.91 Å². The van der Waals surface area contributed by atoms with E-state index >= 15 is 0 Å². The molecule has 6 heteroatoms. The van der Waals surface area contributed by atoms with Crippen molar-refractivity contribution >= 4 is 29.0 Å². The maximum atomic E-state index is 12.9. The topological polar surface area (TPSA) is 52.7 Å². The number of urea groups is 1. The molecule has 0 spiro atoms. The second kappa shape index (κ2) is 7.50. The fourth-order valence-corrected chi connectivity index (χ4v) is 4.72. The minimum Gasteiger partial charge on any atom is -0.339 e. The Morgan fingerprint density at radius 3 is 2.58 bits per heavy atom. The van der Waals surface area contributed by atoms with Crippen molar-refractivity contribution in [3.05, 3.63) is 52.2 Å². The quantitative estimate of drug-likeness (QED) is 0.874. The molecule has 0 aliphatic carbocycles. The average molecular weight is 369 g/mol. The van der Waals surface area contributed by atoms with E-state index in [4.69, 9.17) is 0 Å². The van der Waals surface area contributed by atoms with Crippen molar-refractivity contribution in [1.82, 2.24) is 9.80 Å². The lowest BCUT2D eigenvalue weighted by Gasteiger charge is -2.25. The third-order valence-electron chi connectivity index (χ3n) is 5.18. The van der Waals surface area contributed by atoms with E-state index in [1.54, 1.807) is 17.4 Å². The van der Waals surface area contributed by atoms with Gasteiger partial charge in [-0.1, -0.05) is 18.2 Å². The minimum absolute atomic E-state index is 0.00892. The van der Waals surface area contributed by atoms with Gasteiger partial charge in [0.15, 0.2) is 0 Å². The second-order valence-electron chi connectivity index (χ2n) is 6.84. The lowest BCUT2D eigenvalue weighted by Crippen LogP contribution is -2.35. The third-order valence-corrected chi connectivity index (χ3v) is 6.15. The summed E-state index contributed by atoms with van der Waals surface area (Å²) in [4.78, 5) is 30.7. The van der Waals surface area contributed by atoms with Crippen molar-refractivity contribution in [2.75, 3.05) is 25.0 Å². The molecular formula is C20H23N3O2S. The molecule has 0 saturated carbocycles. The van der Waals surface area contributed by atoms with Crippen LogP contribution in [0.1, 0.15) is 47.0 Å². The molecular weight excluding hydrogens is 346 g/mol. The highest BCUT2D eigenvalue weighted by Gasteiger charge is 2.31. The van der Waals surface area contributed by atoms with Crippen LogP contribution in [-0.4, -0.2) is 41.4 Å². The van der Waals surface area contributed by atoms with E-state index in [0.29, 0.717) is 11.3 Å². The zero-order valence-corrected chi connectivity index (χ0v) is 15.5. The number of anilines is 1. The standard InChI is InChI=1S/C20H23N3O2S/c24-19(22-11-3-4-12-22)15-7-1-2-8-16(15)21-20(25)23-13-5-9-17(23)18-10-6-14-26-18/h1-2,6-8,10,14,17H,3-5,9,11-13H2,(H,21,25). The Balaban J connectivity index is 1.52. The number of hydrogen-bond donors (Lipinski definition) is 1. The summed E-state index contributed by atoms with van der Waals surface area (Å²) < 4.78 is 0. The largest absolute Gasteiger partial charge is 0.339 e. The first-order chi connectivity index (χ1) is 12.7. The third kappa shape index (κ3) is 3.33. The molecule has 1 atom stereocenters. The SMILES string of the molecule is O=C(c1ccccc1NC(=O)N1CCCC1c1cccs1)N1CCCC1. The van der Waals surface area contributed by atoms with E-state index in [1.807, 2.05) is 39.4 Å². The van der Waals surface area contributed by atoms with Crippen molar-refractivity contribution in [1.29, 1.82) is 0 Å². The highest BCUT2D eigenvalue weighted by atomic mass is 32.1. The summed E-state index contributed by atoms with van der Waals surface area (Å²) in [5.74, 6) is 0.00892. The van der Waals surface area contributed by atoms with Crippen molar-refractivity contribution in [2.24, 2.45) is 0 Å². The van der Waals surface area contributed by atoms with Crippen LogP contribution in [0.3, 0.4) is 0 Å². The first-order valence-corrected chi connectivity index (χ1v) is 10.1. The number of carbonyl (C=O) groups excluding carboxylic acids is 2. The molecule has 2 aliphatic heterocycles.